The molecule has 1 aliphatic rings. The van der Waals surface area contributed by atoms with Gasteiger partial charge < -0.3 is 0 Å². The average molecular weight is 413 g/mol. The van der Waals surface area contributed by atoms with E-state index in [1.165, 1.54) is 33.0 Å². The first-order valence-corrected chi connectivity index (χ1v) is 11.1. The summed E-state index contributed by atoms with van der Waals surface area (Å²) < 4.78 is 0. The van der Waals surface area contributed by atoms with Crippen molar-refractivity contribution in [3.8, 4) is 11.1 Å². The summed E-state index contributed by atoms with van der Waals surface area (Å²) in [6, 6.07) is 30.1. The van der Waals surface area contributed by atoms with E-state index in [0.717, 1.165) is 24.0 Å². The van der Waals surface area contributed by atoms with Gasteiger partial charge in [0.05, 0.1) is 0 Å². The van der Waals surface area contributed by atoms with Gasteiger partial charge in [-0.05, 0) is 63.1 Å². The second kappa shape index (κ2) is 10.4. The molecule has 0 heteroatoms. The molecule has 0 aromatic heterocycles. The van der Waals surface area contributed by atoms with Crippen LogP contribution in [0.4, 0.5) is 0 Å². The molecular weight excluding hydrogens is 384 g/mol. The van der Waals surface area contributed by atoms with Gasteiger partial charge in [-0.25, -0.2) is 0 Å². The third-order valence-corrected chi connectivity index (χ3v) is 5.71. The summed E-state index contributed by atoms with van der Waals surface area (Å²) >= 11 is 0. The Morgan fingerprint density at radius 1 is 0.781 bits per heavy atom. The van der Waals surface area contributed by atoms with Crippen molar-refractivity contribution >= 4 is 21.9 Å². The Balaban J connectivity index is 2.10. The first-order chi connectivity index (χ1) is 15.8. The van der Waals surface area contributed by atoms with Gasteiger partial charge >= 0.3 is 0 Å². The van der Waals surface area contributed by atoms with Crippen LogP contribution < -0.4 is 0 Å². The van der Waals surface area contributed by atoms with Crippen LogP contribution in [-0.2, 0) is 0 Å². The molecule has 0 fully saturated rings. The molecule has 156 valence electrons. The Kier molecular flexibility index (Phi) is 6.94. The lowest BCUT2D eigenvalue weighted by molar-refractivity contribution is 1.06. The molecule has 4 rings (SSSR count). The van der Waals surface area contributed by atoms with Gasteiger partial charge in [0.2, 0.25) is 0 Å². The van der Waals surface area contributed by atoms with E-state index in [1.807, 2.05) is 12.2 Å². The standard InChI is InChI=1S/C32H28/c1-3-4-15-25(2)29-20-13-5-6-14-21-30(27-18-11-8-12-19-27)31-23-22-28(24-32(29)31)26-16-9-7-10-17-26/h3-11,13-18,20-24H,1-2,12,19H2/b6-5?,13-5?,14-6?,15-4-,20-13?,21-14?,29-20?,30-21?,31-30?,32-29?. The maximum atomic E-state index is 4.38. The fourth-order valence-corrected chi connectivity index (χ4v) is 4.08. The number of benzene rings is 2. The molecule has 0 saturated carbocycles. The molecule has 0 amide bonds. The number of allylic oxidation sites excluding steroid dienone is 8. The summed E-state index contributed by atoms with van der Waals surface area (Å²) in [7, 11) is 0. The van der Waals surface area contributed by atoms with Crippen LogP contribution in [0.2, 0.25) is 0 Å². The van der Waals surface area contributed by atoms with Crippen LogP contribution in [0.15, 0.2) is 135 Å². The van der Waals surface area contributed by atoms with E-state index >= 15 is 0 Å². The van der Waals surface area contributed by atoms with Crippen molar-refractivity contribution < 1.29 is 0 Å². The molecule has 0 unspecified atom stereocenters. The second-order valence-corrected chi connectivity index (χ2v) is 7.84. The van der Waals surface area contributed by atoms with E-state index in [1.54, 1.807) is 6.08 Å². The molecule has 0 heterocycles. The zero-order valence-corrected chi connectivity index (χ0v) is 18.4. The van der Waals surface area contributed by atoms with Crippen molar-refractivity contribution in [2.75, 3.05) is 0 Å². The fraction of sp³-hybridized carbons (Fsp3) is 0.0625. The Bertz CT molecular complexity index is 1280. The minimum absolute atomic E-state index is 0.961. The lowest BCUT2D eigenvalue weighted by atomic mass is 9.90. The van der Waals surface area contributed by atoms with Crippen LogP contribution in [0.1, 0.15) is 24.0 Å². The predicted molar refractivity (Wildman–Crippen MR) is 142 cm³/mol. The minimum Gasteiger partial charge on any atom is -0.0991 e. The summed E-state index contributed by atoms with van der Waals surface area (Å²) in [6.45, 7) is 8.20. The van der Waals surface area contributed by atoms with Crippen molar-refractivity contribution in [3.63, 3.8) is 0 Å². The van der Waals surface area contributed by atoms with Crippen LogP contribution in [0.3, 0.4) is 0 Å². The van der Waals surface area contributed by atoms with E-state index in [2.05, 4.69) is 116 Å². The summed E-state index contributed by atoms with van der Waals surface area (Å²) in [6.07, 6.45) is 14.5. The van der Waals surface area contributed by atoms with Crippen molar-refractivity contribution in [1.29, 1.82) is 0 Å². The highest BCUT2D eigenvalue weighted by molar-refractivity contribution is 6.02. The molecule has 3 aromatic rings. The monoisotopic (exact) mass is 412 g/mol. The maximum absolute atomic E-state index is 4.38. The summed E-state index contributed by atoms with van der Waals surface area (Å²) in [5, 5.41) is 2.41. The molecule has 32 heavy (non-hydrogen) atoms. The summed E-state index contributed by atoms with van der Waals surface area (Å²) in [4.78, 5) is 0. The van der Waals surface area contributed by atoms with Gasteiger partial charge in [0.25, 0.3) is 0 Å². The highest BCUT2D eigenvalue weighted by Crippen LogP contribution is 2.34. The topological polar surface area (TPSA) is 0 Å². The van der Waals surface area contributed by atoms with Crippen molar-refractivity contribution in [2.45, 2.75) is 12.8 Å². The molecule has 0 bridgehead atoms. The molecule has 0 atom stereocenters. The van der Waals surface area contributed by atoms with Gasteiger partial charge in [-0.2, -0.15) is 0 Å². The van der Waals surface area contributed by atoms with Gasteiger partial charge in [-0.3, -0.25) is 0 Å². The van der Waals surface area contributed by atoms with E-state index in [9.17, 15) is 0 Å². The molecule has 0 N–H and O–H groups in total. The molecular formula is C32H28. The van der Waals surface area contributed by atoms with Gasteiger partial charge in [0.15, 0.2) is 0 Å². The van der Waals surface area contributed by atoms with Crippen molar-refractivity contribution in [3.05, 3.63) is 146 Å². The number of fused-ring (bicyclic) bond motifs is 1. The smallest absolute Gasteiger partial charge is 0.00933 e. The summed E-state index contributed by atoms with van der Waals surface area (Å²) in [5.74, 6) is 0. The SMILES string of the molecule is C=C/C=C\C(=C)c1ccccccc(C2=CC=CCC2)c2ccc(-c3ccccc3)cc12. The van der Waals surface area contributed by atoms with Gasteiger partial charge in [0, 0.05) is 0 Å². The van der Waals surface area contributed by atoms with E-state index < -0.39 is 0 Å². The molecule has 3 aromatic carbocycles. The molecule has 0 aliphatic heterocycles. The lowest BCUT2D eigenvalue weighted by Gasteiger charge is -2.14. The Hall–Kier alpha value is -3.90. The Morgan fingerprint density at radius 2 is 1.53 bits per heavy atom. The highest BCUT2D eigenvalue weighted by atomic mass is 14.1. The normalized spacial score (nSPS) is 12.9. The van der Waals surface area contributed by atoms with Crippen LogP contribution >= 0.6 is 0 Å². The Labute approximate surface area is 191 Å². The second-order valence-electron chi connectivity index (χ2n) is 7.84. The third kappa shape index (κ3) is 4.87. The van der Waals surface area contributed by atoms with Crippen LogP contribution in [-0.4, -0.2) is 0 Å². The molecule has 0 spiro atoms. The van der Waals surface area contributed by atoms with E-state index in [0.29, 0.717) is 0 Å². The molecule has 0 saturated heterocycles. The van der Waals surface area contributed by atoms with Crippen molar-refractivity contribution in [2.24, 2.45) is 0 Å². The number of hydrogen-bond donors (Lipinski definition) is 0. The summed E-state index contributed by atoms with van der Waals surface area (Å²) in [5.41, 5.74) is 7.11. The maximum Gasteiger partial charge on any atom is -0.00933 e. The predicted octanol–water partition coefficient (Wildman–Crippen LogP) is 9.12. The third-order valence-electron chi connectivity index (χ3n) is 5.71. The van der Waals surface area contributed by atoms with Crippen LogP contribution in [0.5, 0.6) is 0 Å². The van der Waals surface area contributed by atoms with Crippen LogP contribution in [0.25, 0.3) is 33.0 Å². The molecule has 1 aliphatic carbocycles. The quantitative estimate of drug-likeness (QED) is 0.366. The number of hydrogen-bond acceptors (Lipinski definition) is 0. The molecule has 0 nitrogen and oxygen atoms in total. The first-order valence-electron chi connectivity index (χ1n) is 11.1. The van der Waals surface area contributed by atoms with Gasteiger partial charge in [-0.15, -0.1) is 0 Å². The van der Waals surface area contributed by atoms with Crippen LogP contribution in [0, 0.1) is 0 Å². The molecule has 0 radical (unpaired) electrons. The minimum atomic E-state index is 0.961. The average Bonchev–Trinajstić information content (AvgIpc) is 2.85. The first kappa shape index (κ1) is 21.3. The fourth-order valence-electron chi connectivity index (χ4n) is 4.08. The van der Waals surface area contributed by atoms with Gasteiger partial charge in [-0.1, -0.05) is 128 Å². The van der Waals surface area contributed by atoms with E-state index in [4.69, 9.17) is 0 Å². The van der Waals surface area contributed by atoms with Crippen molar-refractivity contribution in [1.82, 2.24) is 0 Å². The highest BCUT2D eigenvalue weighted by Gasteiger charge is 2.10. The Morgan fingerprint density at radius 3 is 2.28 bits per heavy atom. The zero-order valence-electron chi connectivity index (χ0n) is 18.4. The largest absolute Gasteiger partial charge is 0.0991 e. The zero-order chi connectivity index (χ0) is 22.2. The van der Waals surface area contributed by atoms with E-state index in [-0.39, 0.29) is 0 Å². The number of rotatable bonds is 5. The van der Waals surface area contributed by atoms with Gasteiger partial charge in [0.1, 0.15) is 0 Å². The lowest BCUT2D eigenvalue weighted by Crippen LogP contribution is -1.91.